The Balaban J connectivity index is 1.65. The van der Waals surface area contributed by atoms with Gasteiger partial charge in [-0.1, -0.05) is 12.1 Å². The third kappa shape index (κ3) is 7.23. The van der Waals surface area contributed by atoms with Crippen molar-refractivity contribution in [2.45, 2.75) is 58.9 Å². The Morgan fingerprint density at radius 2 is 1.71 bits per heavy atom. The smallest absolute Gasteiger partial charge is 0.305 e. The number of benzene rings is 1. The number of aromatic nitrogens is 1. The third-order valence-corrected chi connectivity index (χ3v) is 5.50. The lowest BCUT2D eigenvalue weighted by atomic mass is 10.1. The maximum Gasteiger partial charge on any atom is 0.305 e. The van der Waals surface area contributed by atoms with E-state index in [4.69, 9.17) is 4.74 Å². The largest absolute Gasteiger partial charge is 0.466 e. The average molecular weight is 387 g/mol. The summed E-state index contributed by atoms with van der Waals surface area (Å²) < 4.78 is 8.37. The van der Waals surface area contributed by atoms with Crippen molar-refractivity contribution in [3.05, 3.63) is 42.1 Å². The van der Waals surface area contributed by atoms with Gasteiger partial charge in [0.25, 0.3) is 0 Å². The maximum atomic E-state index is 11.4. The number of fused-ring (bicyclic) bond motifs is 1. The van der Waals surface area contributed by atoms with Gasteiger partial charge in [0.15, 0.2) is 6.20 Å². The van der Waals surface area contributed by atoms with Crippen LogP contribution in [0.1, 0.15) is 51.0 Å². The highest BCUT2D eigenvalue weighted by molar-refractivity contribution is 5.78. The Bertz CT molecular complexity index is 755. The van der Waals surface area contributed by atoms with Gasteiger partial charge in [0, 0.05) is 30.4 Å². The number of carbonyl (C=O) groups excluding carboxylic acids is 1. The Hall–Kier alpha value is -1.94. The Labute approximate surface area is 170 Å². The molecule has 0 aliphatic rings. The second-order valence-electron chi connectivity index (χ2n) is 8.42. The van der Waals surface area contributed by atoms with Gasteiger partial charge in [-0.05, 0) is 44.7 Å². The van der Waals surface area contributed by atoms with Gasteiger partial charge >= 0.3 is 5.97 Å². The zero-order valence-electron chi connectivity index (χ0n) is 18.2. The fourth-order valence-corrected chi connectivity index (χ4v) is 3.80. The molecule has 0 spiro atoms. The zero-order valence-corrected chi connectivity index (χ0v) is 18.2. The summed E-state index contributed by atoms with van der Waals surface area (Å²) in [5.41, 5.74) is 2.68. The number of rotatable bonds is 12. The number of ether oxygens (including phenoxy) is 1. The first-order chi connectivity index (χ1) is 13.4. The van der Waals surface area contributed by atoms with E-state index in [1.54, 1.807) is 0 Å². The number of quaternary nitrogens is 1. The van der Waals surface area contributed by atoms with Crippen molar-refractivity contribution in [2.75, 3.05) is 33.8 Å². The van der Waals surface area contributed by atoms with E-state index in [-0.39, 0.29) is 5.97 Å². The van der Waals surface area contributed by atoms with E-state index in [1.807, 2.05) is 6.92 Å². The predicted octanol–water partition coefficient (Wildman–Crippen LogP) is 4.42. The van der Waals surface area contributed by atoms with E-state index in [2.05, 4.69) is 62.1 Å². The maximum absolute atomic E-state index is 11.4. The van der Waals surface area contributed by atoms with Crippen LogP contribution in [0.5, 0.6) is 0 Å². The summed E-state index contributed by atoms with van der Waals surface area (Å²) in [6.07, 6.45) is 8.66. The lowest BCUT2D eigenvalue weighted by Crippen LogP contribution is -2.41. The summed E-state index contributed by atoms with van der Waals surface area (Å²) >= 11 is 0. The Morgan fingerprint density at radius 3 is 2.50 bits per heavy atom. The van der Waals surface area contributed by atoms with E-state index in [0.717, 1.165) is 24.0 Å². The van der Waals surface area contributed by atoms with E-state index in [0.29, 0.717) is 13.0 Å². The quantitative estimate of drug-likeness (QED) is 0.234. The van der Waals surface area contributed by atoms with Crippen LogP contribution >= 0.6 is 0 Å². The number of aryl methyl sites for hydroxylation is 2. The molecule has 0 amide bonds. The molecule has 28 heavy (non-hydrogen) atoms. The number of pyridine rings is 1. The molecule has 0 radical (unpaired) electrons. The van der Waals surface area contributed by atoms with Crippen molar-refractivity contribution in [2.24, 2.45) is 0 Å². The lowest BCUT2D eigenvalue weighted by Gasteiger charge is -2.29. The fourth-order valence-electron chi connectivity index (χ4n) is 3.80. The SMILES string of the molecule is CCOC(=O)CCC[N+](C)(C)CCCCCC[n+]1ccc(C)c2ccccc21. The van der Waals surface area contributed by atoms with E-state index in [9.17, 15) is 4.79 Å². The molecule has 4 nitrogen and oxygen atoms in total. The van der Waals surface area contributed by atoms with Gasteiger partial charge in [0.2, 0.25) is 5.52 Å². The summed E-state index contributed by atoms with van der Waals surface area (Å²) in [6.45, 7) is 7.80. The first-order valence-electron chi connectivity index (χ1n) is 10.8. The van der Waals surface area contributed by atoms with Crippen molar-refractivity contribution in [1.82, 2.24) is 0 Å². The van der Waals surface area contributed by atoms with E-state index < -0.39 is 0 Å². The highest BCUT2D eigenvalue weighted by atomic mass is 16.5. The minimum absolute atomic E-state index is 0.0661. The Morgan fingerprint density at radius 1 is 1.00 bits per heavy atom. The van der Waals surface area contributed by atoms with Crippen molar-refractivity contribution < 1.29 is 18.6 Å². The normalized spacial score (nSPS) is 11.7. The van der Waals surface area contributed by atoms with Crippen LogP contribution in [0, 0.1) is 6.92 Å². The fraction of sp³-hybridized carbons (Fsp3) is 0.583. The second kappa shape index (κ2) is 11.2. The number of para-hydroxylation sites is 1. The first-order valence-corrected chi connectivity index (χ1v) is 10.8. The van der Waals surface area contributed by atoms with Crippen LogP contribution in [-0.2, 0) is 16.1 Å². The summed E-state index contributed by atoms with van der Waals surface area (Å²) in [5, 5.41) is 1.35. The van der Waals surface area contributed by atoms with Crippen molar-refractivity contribution in [3.8, 4) is 0 Å². The molecule has 0 aliphatic heterocycles. The monoisotopic (exact) mass is 386 g/mol. The molecule has 1 heterocycles. The number of esters is 1. The minimum Gasteiger partial charge on any atom is -0.466 e. The molecule has 0 N–H and O–H groups in total. The molecule has 1 aromatic heterocycles. The van der Waals surface area contributed by atoms with Crippen molar-refractivity contribution in [3.63, 3.8) is 0 Å². The van der Waals surface area contributed by atoms with Gasteiger partial charge in [-0.3, -0.25) is 4.79 Å². The molecular formula is C24H38N2O2+2. The van der Waals surface area contributed by atoms with Crippen LogP contribution in [0.2, 0.25) is 0 Å². The number of nitrogens with zero attached hydrogens (tertiary/aromatic N) is 2. The average Bonchev–Trinajstić information content (AvgIpc) is 2.66. The summed E-state index contributed by atoms with van der Waals surface area (Å²) in [4.78, 5) is 11.4. The molecule has 0 saturated carbocycles. The van der Waals surface area contributed by atoms with Crippen LogP contribution in [0.15, 0.2) is 36.5 Å². The van der Waals surface area contributed by atoms with Crippen molar-refractivity contribution in [1.29, 1.82) is 0 Å². The van der Waals surface area contributed by atoms with Gasteiger partial charge in [0.05, 0.1) is 40.2 Å². The molecule has 2 rings (SSSR count). The third-order valence-electron chi connectivity index (χ3n) is 5.50. The highest BCUT2D eigenvalue weighted by Crippen LogP contribution is 2.14. The highest BCUT2D eigenvalue weighted by Gasteiger charge is 2.15. The van der Waals surface area contributed by atoms with Crippen LogP contribution in [0.25, 0.3) is 10.9 Å². The van der Waals surface area contributed by atoms with Crippen LogP contribution in [0.4, 0.5) is 0 Å². The molecule has 0 fully saturated rings. The van der Waals surface area contributed by atoms with Gasteiger partial charge in [-0.25, -0.2) is 0 Å². The molecule has 0 unspecified atom stereocenters. The Kier molecular flexibility index (Phi) is 8.91. The molecule has 2 aromatic rings. The second-order valence-corrected chi connectivity index (χ2v) is 8.42. The molecular weight excluding hydrogens is 348 g/mol. The van der Waals surface area contributed by atoms with Gasteiger partial charge in [0.1, 0.15) is 6.54 Å². The molecule has 4 heteroatoms. The number of unbranched alkanes of at least 4 members (excludes halogenated alkanes) is 3. The lowest BCUT2D eigenvalue weighted by molar-refractivity contribution is -0.890. The number of hydrogen-bond donors (Lipinski definition) is 0. The summed E-state index contributed by atoms with van der Waals surface area (Å²) in [7, 11) is 4.53. The number of carbonyl (C=O) groups is 1. The molecule has 0 aliphatic carbocycles. The predicted molar refractivity (Wildman–Crippen MR) is 115 cm³/mol. The molecule has 154 valence electrons. The van der Waals surface area contributed by atoms with Crippen LogP contribution in [-0.4, -0.2) is 44.2 Å². The summed E-state index contributed by atoms with van der Waals surface area (Å²) in [5.74, 6) is -0.0661. The first kappa shape index (κ1) is 22.4. The van der Waals surface area contributed by atoms with E-state index >= 15 is 0 Å². The molecule has 0 saturated heterocycles. The van der Waals surface area contributed by atoms with Crippen LogP contribution < -0.4 is 4.57 Å². The topological polar surface area (TPSA) is 30.2 Å². The molecule has 1 aromatic carbocycles. The van der Waals surface area contributed by atoms with Gasteiger partial charge in [-0.15, -0.1) is 0 Å². The van der Waals surface area contributed by atoms with Gasteiger partial charge < -0.3 is 9.22 Å². The minimum atomic E-state index is -0.0661. The molecule has 0 bridgehead atoms. The van der Waals surface area contributed by atoms with Crippen LogP contribution in [0.3, 0.4) is 0 Å². The standard InChI is InChI=1S/C24H38N2O2/c1-5-28-24(27)15-12-20-26(3,4)19-11-7-6-10-17-25-18-16-21(2)22-13-8-9-14-23(22)25/h8-9,13-14,16,18H,5-7,10-12,15,17,19-20H2,1-4H3/q+2. The van der Waals surface area contributed by atoms with Gasteiger partial charge in [-0.2, -0.15) is 4.57 Å². The molecule has 0 atom stereocenters. The van der Waals surface area contributed by atoms with Crippen molar-refractivity contribution >= 4 is 16.9 Å². The zero-order chi connectivity index (χ0) is 20.4. The van der Waals surface area contributed by atoms with E-state index in [1.165, 1.54) is 48.7 Å². The number of hydrogen-bond acceptors (Lipinski definition) is 2. The summed E-state index contributed by atoms with van der Waals surface area (Å²) in [6, 6.07) is 10.9.